The number of nitrogens with one attached hydrogen (secondary N) is 3. The average molecular weight is 571 g/mol. The molecule has 0 atom stereocenters. The zero-order valence-electron chi connectivity index (χ0n) is 19.3. The summed E-state index contributed by atoms with van der Waals surface area (Å²) >= 11 is 11.7. The van der Waals surface area contributed by atoms with Gasteiger partial charge in [-0.15, -0.1) is 0 Å². The SMILES string of the molecule is O=C(NCCn1c(=O)n(CCNC(=O)OCCS)c(=O)n(CCNC(=O)OCCS)c1=O)OCCS. The first-order valence-corrected chi connectivity index (χ1v) is 12.7. The maximum Gasteiger partial charge on any atom is 0.407 e. The van der Waals surface area contributed by atoms with E-state index in [1.54, 1.807) is 0 Å². The molecule has 15 nitrogen and oxygen atoms in total. The number of hydrogen-bond donors (Lipinski definition) is 6. The van der Waals surface area contributed by atoms with Crippen LogP contribution in [0.4, 0.5) is 14.4 Å². The minimum absolute atomic E-state index is 0.0689. The van der Waals surface area contributed by atoms with Gasteiger partial charge in [-0.3, -0.25) is 0 Å². The van der Waals surface area contributed by atoms with Crippen molar-refractivity contribution in [2.75, 3.05) is 56.7 Å². The van der Waals surface area contributed by atoms with Gasteiger partial charge < -0.3 is 30.2 Å². The number of carbonyl (C=O) groups is 3. The molecule has 3 N–H and O–H groups in total. The summed E-state index contributed by atoms with van der Waals surface area (Å²) < 4.78 is 16.6. The van der Waals surface area contributed by atoms with Crippen molar-refractivity contribution in [2.45, 2.75) is 19.6 Å². The fourth-order valence-corrected chi connectivity index (χ4v) is 2.91. The Labute approximate surface area is 222 Å². The smallest absolute Gasteiger partial charge is 0.407 e. The number of alkyl carbamates (subject to hydrolysis) is 3. The number of thiol groups is 3. The zero-order chi connectivity index (χ0) is 26.9. The highest BCUT2D eigenvalue weighted by Crippen LogP contribution is 1.85. The Bertz CT molecular complexity index is 884. The van der Waals surface area contributed by atoms with Gasteiger partial charge in [0.05, 0.1) is 0 Å². The highest BCUT2D eigenvalue weighted by atomic mass is 32.1. The lowest BCUT2D eigenvalue weighted by molar-refractivity contribution is 0.152. The molecule has 0 aromatic carbocycles. The molecule has 0 aliphatic carbocycles. The standard InChI is InChI=1S/C18H30N6O9S3/c25-13(31-7-10-34)19-1-4-22-16(28)23(5-2-20-14(26)32-8-11-35)18(30)24(17(22)29)6-3-21-15(27)33-9-12-36/h34-36H,1-12H2,(H,19,25)(H,20,26)(H,21,27). The third-order valence-electron chi connectivity index (χ3n) is 4.17. The second kappa shape index (κ2) is 17.7. The van der Waals surface area contributed by atoms with Crippen LogP contribution in [0, 0.1) is 0 Å². The Balaban J connectivity index is 3.07. The lowest BCUT2D eigenvalue weighted by atomic mass is 10.5. The van der Waals surface area contributed by atoms with Crippen molar-refractivity contribution in [3.05, 3.63) is 31.5 Å². The Morgan fingerprint density at radius 2 is 0.806 bits per heavy atom. The summed E-state index contributed by atoms with van der Waals surface area (Å²) in [7, 11) is 0. The van der Waals surface area contributed by atoms with Crippen molar-refractivity contribution in [1.29, 1.82) is 0 Å². The minimum atomic E-state index is -0.946. The highest BCUT2D eigenvalue weighted by molar-refractivity contribution is 7.80. The third kappa shape index (κ3) is 10.9. The monoisotopic (exact) mass is 570 g/mol. The van der Waals surface area contributed by atoms with Gasteiger partial charge in [-0.2, -0.15) is 37.9 Å². The molecule has 1 rings (SSSR count). The van der Waals surface area contributed by atoms with Gasteiger partial charge in [-0.25, -0.2) is 42.5 Å². The van der Waals surface area contributed by atoms with E-state index in [-0.39, 0.29) is 59.1 Å². The van der Waals surface area contributed by atoms with Crippen molar-refractivity contribution in [3.63, 3.8) is 0 Å². The molecule has 204 valence electrons. The van der Waals surface area contributed by atoms with E-state index >= 15 is 0 Å². The molecule has 0 fully saturated rings. The molecule has 1 aromatic heterocycles. The van der Waals surface area contributed by atoms with Crippen LogP contribution in [0.3, 0.4) is 0 Å². The normalized spacial score (nSPS) is 10.4. The molecule has 0 radical (unpaired) electrons. The number of nitrogens with zero attached hydrogens (tertiary/aromatic N) is 3. The highest BCUT2D eigenvalue weighted by Gasteiger charge is 2.16. The van der Waals surface area contributed by atoms with E-state index in [9.17, 15) is 28.8 Å². The molecule has 0 spiro atoms. The summed E-state index contributed by atoms with van der Waals surface area (Å²) in [6.07, 6.45) is -2.30. The fourth-order valence-electron chi connectivity index (χ4n) is 2.63. The number of amides is 3. The van der Waals surface area contributed by atoms with E-state index in [0.717, 1.165) is 13.7 Å². The van der Waals surface area contributed by atoms with Gasteiger partial charge in [0.25, 0.3) is 0 Å². The van der Waals surface area contributed by atoms with Gasteiger partial charge in [0, 0.05) is 56.5 Å². The summed E-state index contributed by atoms with van der Waals surface area (Å²) in [5.74, 6) is 0.943. The zero-order valence-corrected chi connectivity index (χ0v) is 22.0. The lowest BCUT2D eigenvalue weighted by Crippen LogP contribution is -2.56. The van der Waals surface area contributed by atoms with E-state index in [2.05, 4.69) is 53.8 Å². The predicted octanol–water partition coefficient (Wildman–Crippen LogP) is -1.86. The molecule has 0 aliphatic rings. The van der Waals surface area contributed by atoms with E-state index in [1.165, 1.54) is 0 Å². The van der Waals surface area contributed by atoms with E-state index in [4.69, 9.17) is 14.2 Å². The molecule has 1 heterocycles. The maximum atomic E-state index is 12.9. The summed E-state index contributed by atoms with van der Waals surface area (Å²) in [6.45, 7) is -1.07. The molecule has 0 aliphatic heterocycles. The average Bonchev–Trinajstić information content (AvgIpc) is 2.86. The number of hydrogen-bond acceptors (Lipinski definition) is 12. The number of ether oxygens (including phenoxy) is 3. The lowest BCUT2D eigenvalue weighted by Gasteiger charge is -2.15. The molecule has 36 heavy (non-hydrogen) atoms. The van der Waals surface area contributed by atoms with Crippen molar-refractivity contribution in [3.8, 4) is 0 Å². The van der Waals surface area contributed by atoms with Gasteiger partial charge >= 0.3 is 35.3 Å². The first-order valence-electron chi connectivity index (χ1n) is 10.8. The number of carbonyl (C=O) groups excluding carboxylic acids is 3. The van der Waals surface area contributed by atoms with Crippen molar-refractivity contribution < 1.29 is 28.6 Å². The second-order valence-electron chi connectivity index (χ2n) is 6.66. The molecule has 0 saturated carbocycles. The molecule has 18 heteroatoms. The quantitative estimate of drug-likeness (QED) is 0.104. The second-order valence-corrected chi connectivity index (χ2v) is 8.00. The van der Waals surface area contributed by atoms with Crippen LogP contribution in [0.1, 0.15) is 0 Å². The van der Waals surface area contributed by atoms with Crippen LogP contribution in [-0.2, 0) is 33.8 Å². The predicted molar refractivity (Wildman–Crippen MR) is 139 cm³/mol. The van der Waals surface area contributed by atoms with Crippen LogP contribution in [0.5, 0.6) is 0 Å². The first-order chi connectivity index (χ1) is 17.3. The first kappa shape index (κ1) is 31.3. The van der Waals surface area contributed by atoms with Gasteiger partial charge in [0.1, 0.15) is 19.8 Å². The van der Waals surface area contributed by atoms with Crippen LogP contribution in [0.25, 0.3) is 0 Å². The molecule has 0 bridgehead atoms. The van der Waals surface area contributed by atoms with Crippen molar-refractivity contribution in [1.82, 2.24) is 29.7 Å². The van der Waals surface area contributed by atoms with Gasteiger partial charge in [0.15, 0.2) is 0 Å². The van der Waals surface area contributed by atoms with E-state index in [0.29, 0.717) is 17.3 Å². The molecule has 1 aromatic rings. The summed E-state index contributed by atoms with van der Waals surface area (Å²) in [4.78, 5) is 73.4. The van der Waals surface area contributed by atoms with Crippen LogP contribution in [0.15, 0.2) is 14.4 Å². The summed E-state index contributed by atoms with van der Waals surface area (Å²) in [6, 6.07) is 0. The Morgan fingerprint density at radius 1 is 0.556 bits per heavy atom. The Morgan fingerprint density at radius 3 is 1.03 bits per heavy atom. The third-order valence-corrected chi connectivity index (χ3v) is 4.72. The van der Waals surface area contributed by atoms with Crippen molar-refractivity contribution >= 4 is 56.2 Å². The summed E-state index contributed by atoms with van der Waals surface area (Å²) in [5, 5.41) is 7.14. The molecule has 0 unspecified atom stereocenters. The number of aromatic nitrogens is 3. The minimum Gasteiger partial charge on any atom is -0.449 e. The molecular formula is C18H30N6O9S3. The maximum absolute atomic E-state index is 12.9. The van der Waals surface area contributed by atoms with Crippen LogP contribution >= 0.6 is 37.9 Å². The van der Waals surface area contributed by atoms with Gasteiger partial charge in [-0.1, -0.05) is 0 Å². The van der Waals surface area contributed by atoms with Gasteiger partial charge in [-0.05, 0) is 0 Å². The van der Waals surface area contributed by atoms with Crippen molar-refractivity contribution in [2.24, 2.45) is 0 Å². The van der Waals surface area contributed by atoms with Crippen LogP contribution in [0.2, 0.25) is 0 Å². The van der Waals surface area contributed by atoms with Crippen LogP contribution < -0.4 is 33.0 Å². The molecular weight excluding hydrogens is 540 g/mol. The summed E-state index contributed by atoms with van der Waals surface area (Å²) in [5.41, 5.74) is -2.84. The Hall–Kier alpha value is -2.73. The Kier molecular flexibility index (Phi) is 15.4. The van der Waals surface area contributed by atoms with E-state index in [1.807, 2.05) is 0 Å². The molecule has 0 saturated heterocycles. The fraction of sp³-hybridized carbons (Fsp3) is 0.667. The number of rotatable bonds is 15. The largest absolute Gasteiger partial charge is 0.449 e. The van der Waals surface area contributed by atoms with E-state index < -0.39 is 35.3 Å². The van der Waals surface area contributed by atoms with Gasteiger partial charge in [0.2, 0.25) is 0 Å². The molecule has 3 amide bonds. The van der Waals surface area contributed by atoms with Crippen LogP contribution in [-0.4, -0.2) is 88.7 Å². The topological polar surface area (TPSA) is 181 Å².